The van der Waals surface area contributed by atoms with Gasteiger partial charge in [0.25, 0.3) is 0 Å². The van der Waals surface area contributed by atoms with Crippen molar-refractivity contribution in [2.24, 2.45) is 0 Å². The molecule has 0 unspecified atom stereocenters. The van der Waals surface area contributed by atoms with E-state index in [4.69, 9.17) is 19.7 Å². The Kier molecular flexibility index (Phi) is 8.04. The Morgan fingerprint density at radius 2 is 1.93 bits per heavy atom. The van der Waals surface area contributed by atoms with Crippen LogP contribution in [0.4, 0.5) is 4.39 Å². The molecule has 0 bridgehead atoms. The van der Waals surface area contributed by atoms with Crippen LogP contribution in [0.3, 0.4) is 0 Å². The highest BCUT2D eigenvalue weighted by Gasteiger charge is 2.15. The summed E-state index contributed by atoms with van der Waals surface area (Å²) in [7, 11) is 1.63. The number of hydrogen-bond acceptors (Lipinski definition) is 6. The third-order valence-corrected chi connectivity index (χ3v) is 6.80. The third-order valence-electron chi connectivity index (χ3n) is 6.80. The molecule has 0 aliphatic rings. The standard InChI is InChI=1S/C32H27FN4O4/c1-20-14-21(16-30-35-28-11-9-23(32(38)39)17-29(28)37(30)12-13-40-2)7-10-25(20)27-4-3-5-31(36-27)41-19-24-8-6-22(18-34)15-26(24)33/h3-11,14-15,17H,12-13,16,19H2,1-2H3,(H,38,39). The number of carboxylic acids is 1. The average Bonchev–Trinajstić information content (AvgIpc) is 3.31. The second-order valence-corrected chi connectivity index (χ2v) is 9.57. The molecule has 2 heterocycles. The van der Waals surface area contributed by atoms with Crippen LogP contribution in [0.15, 0.2) is 72.8 Å². The van der Waals surface area contributed by atoms with E-state index in [9.17, 15) is 14.3 Å². The van der Waals surface area contributed by atoms with Gasteiger partial charge in [-0.2, -0.15) is 5.26 Å². The summed E-state index contributed by atoms with van der Waals surface area (Å²) in [6.07, 6.45) is 0.550. The van der Waals surface area contributed by atoms with Crippen LogP contribution in [0, 0.1) is 24.1 Å². The number of nitrogens with zero attached hydrogens (tertiary/aromatic N) is 4. The highest BCUT2D eigenvalue weighted by atomic mass is 19.1. The number of ether oxygens (including phenoxy) is 2. The first-order valence-corrected chi connectivity index (χ1v) is 13.0. The van der Waals surface area contributed by atoms with Crippen LogP contribution in [-0.2, 0) is 24.3 Å². The highest BCUT2D eigenvalue weighted by Crippen LogP contribution is 2.27. The second kappa shape index (κ2) is 12.0. The van der Waals surface area contributed by atoms with Crippen molar-refractivity contribution in [1.82, 2.24) is 14.5 Å². The van der Waals surface area contributed by atoms with Crippen LogP contribution in [0.1, 0.15) is 38.4 Å². The van der Waals surface area contributed by atoms with Gasteiger partial charge < -0.3 is 19.1 Å². The van der Waals surface area contributed by atoms with Crippen molar-refractivity contribution in [2.75, 3.05) is 13.7 Å². The van der Waals surface area contributed by atoms with E-state index >= 15 is 0 Å². The lowest BCUT2D eigenvalue weighted by molar-refractivity contribution is 0.0697. The van der Waals surface area contributed by atoms with E-state index in [0.717, 1.165) is 39.2 Å². The van der Waals surface area contributed by atoms with Gasteiger partial charge in [-0.05, 0) is 54.4 Å². The molecular weight excluding hydrogens is 523 g/mol. The summed E-state index contributed by atoms with van der Waals surface area (Å²) in [6.45, 7) is 3.01. The summed E-state index contributed by atoms with van der Waals surface area (Å²) in [5, 5.41) is 18.4. The number of fused-ring (bicyclic) bond motifs is 1. The van der Waals surface area contributed by atoms with E-state index in [-0.39, 0.29) is 17.7 Å². The molecule has 8 nitrogen and oxygen atoms in total. The molecule has 0 saturated heterocycles. The van der Waals surface area contributed by atoms with Crippen molar-refractivity contribution < 1.29 is 23.8 Å². The third kappa shape index (κ3) is 6.08. The molecule has 0 amide bonds. The van der Waals surface area contributed by atoms with Gasteiger partial charge in [0.2, 0.25) is 5.88 Å². The lowest BCUT2D eigenvalue weighted by Crippen LogP contribution is -2.09. The number of pyridine rings is 1. The van der Waals surface area contributed by atoms with Gasteiger partial charge in [0, 0.05) is 37.3 Å². The van der Waals surface area contributed by atoms with Crippen molar-refractivity contribution in [3.8, 4) is 23.2 Å². The van der Waals surface area contributed by atoms with Gasteiger partial charge in [-0.15, -0.1) is 0 Å². The van der Waals surface area contributed by atoms with Crippen molar-refractivity contribution in [2.45, 2.75) is 26.5 Å². The molecule has 0 aliphatic carbocycles. The van der Waals surface area contributed by atoms with Crippen molar-refractivity contribution in [3.05, 3.63) is 112 Å². The number of nitriles is 1. The van der Waals surface area contributed by atoms with E-state index in [1.807, 2.05) is 41.8 Å². The number of rotatable bonds is 10. The monoisotopic (exact) mass is 550 g/mol. The quantitative estimate of drug-likeness (QED) is 0.229. The number of aryl methyl sites for hydroxylation is 1. The molecule has 9 heteroatoms. The summed E-state index contributed by atoms with van der Waals surface area (Å²) < 4.78 is 27.3. The van der Waals surface area contributed by atoms with Gasteiger partial charge in [-0.25, -0.2) is 19.2 Å². The summed E-state index contributed by atoms with van der Waals surface area (Å²) in [4.78, 5) is 20.9. The Labute approximate surface area is 236 Å². The van der Waals surface area contributed by atoms with Crippen LogP contribution in [-0.4, -0.2) is 39.3 Å². The van der Waals surface area contributed by atoms with E-state index in [1.54, 1.807) is 37.4 Å². The minimum atomic E-state index is -0.983. The number of imidazole rings is 1. The average molecular weight is 551 g/mol. The summed E-state index contributed by atoms with van der Waals surface area (Å²) in [5.41, 5.74) is 6.01. The van der Waals surface area contributed by atoms with Gasteiger partial charge >= 0.3 is 5.97 Å². The maximum atomic E-state index is 14.2. The van der Waals surface area contributed by atoms with Crippen LogP contribution in [0.25, 0.3) is 22.3 Å². The lowest BCUT2D eigenvalue weighted by atomic mass is 10.0. The SMILES string of the molecule is COCCn1c(Cc2ccc(-c3cccc(OCc4ccc(C#N)cc4F)n3)c(C)c2)nc2ccc(C(=O)O)cc21. The van der Waals surface area contributed by atoms with Gasteiger partial charge in [0.1, 0.15) is 18.2 Å². The molecule has 0 aliphatic heterocycles. The lowest BCUT2D eigenvalue weighted by Gasteiger charge is -2.12. The first kappa shape index (κ1) is 27.5. The molecule has 1 N–H and O–H groups in total. The number of hydrogen-bond donors (Lipinski definition) is 1. The maximum Gasteiger partial charge on any atom is 0.335 e. The summed E-state index contributed by atoms with van der Waals surface area (Å²) in [6, 6.07) is 22.7. The number of benzene rings is 3. The first-order valence-electron chi connectivity index (χ1n) is 13.0. The highest BCUT2D eigenvalue weighted by molar-refractivity contribution is 5.92. The largest absolute Gasteiger partial charge is 0.478 e. The van der Waals surface area contributed by atoms with Crippen LogP contribution >= 0.6 is 0 Å². The summed E-state index contributed by atoms with van der Waals surface area (Å²) >= 11 is 0. The molecule has 3 aromatic carbocycles. The smallest absolute Gasteiger partial charge is 0.335 e. The molecule has 206 valence electrons. The van der Waals surface area contributed by atoms with E-state index in [0.29, 0.717) is 31.0 Å². The molecule has 0 saturated carbocycles. The Balaban J connectivity index is 1.36. The molecule has 5 rings (SSSR count). The molecule has 0 atom stereocenters. The predicted octanol–water partition coefficient (Wildman–Crippen LogP) is 5.93. The van der Waals surface area contributed by atoms with Gasteiger partial charge in [-0.3, -0.25) is 0 Å². The van der Waals surface area contributed by atoms with Crippen LogP contribution in [0.5, 0.6) is 5.88 Å². The van der Waals surface area contributed by atoms with E-state index < -0.39 is 11.8 Å². The normalized spacial score (nSPS) is 11.0. The number of aromatic nitrogens is 3. The number of carboxylic acid groups (broad SMARTS) is 1. The topological polar surface area (TPSA) is 110 Å². The zero-order valence-corrected chi connectivity index (χ0v) is 22.6. The molecule has 0 fully saturated rings. The fourth-order valence-electron chi connectivity index (χ4n) is 4.71. The zero-order chi connectivity index (χ0) is 28.9. The minimum Gasteiger partial charge on any atom is -0.478 e. The Morgan fingerprint density at radius 3 is 2.66 bits per heavy atom. The van der Waals surface area contributed by atoms with Crippen molar-refractivity contribution in [3.63, 3.8) is 0 Å². The number of methoxy groups -OCH3 is 1. The number of carbonyl (C=O) groups is 1. The van der Waals surface area contributed by atoms with Gasteiger partial charge in [0.05, 0.1) is 40.5 Å². The Bertz CT molecular complexity index is 1790. The van der Waals surface area contributed by atoms with Crippen molar-refractivity contribution >= 4 is 17.0 Å². The minimum absolute atomic E-state index is 0.00998. The van der Waals surface area contributed by atoms with Gasteiger partial charge in [-0.1, -0.05) is 30.3 Å². The first-order chi connectivity index (χ1) is 19.9. The molecule has 41 heavy (non-hydrogen) atoms. The zero-order valence-electron chi connectivity index (χ0n) is 22.6. The fourth-order valence-corrected chi connectivity index (χ4v) is 4.71. The maximum absolute atomic E-state index is 14.2. The van der Waals surface area contributed by atoms with Crippen molar-refractivity contribution in [1.29, 1.82) is 5.26 Å². The van der Waals surface area contributed by atoms with E-state index in [1.165, 1.54) is 12.1 Å². The summed E-state index contributed by atoms with van der Waals surface area (Å²) in [5.74, 6) is -0.300. The predicted molar refractivity (Wildman–Crippen MR) is 151 cm³/mol. The van der Waals surface area contributed by atoms with Crippen LogP contribution < -0.4 is 4.74 Å². The van der Waals surface area contributed by atoms with E-state index in [2.05, 4.69) is 11.1 Å². The number of halogens is 1. The Hall–Kier alpha value is -5.07. The molecular formula is C32H27FN4O4. The number of aromatic carboxylic acids is 1. The second-order valence-electron chi connectivity index (χ2n) is 9.57. The molecule has 0 spiro atoms. The Morgan fingerprint density at radius 1 is 1.07 bits per heavy atom. The fraction of sp³-hybridized carbons (Fsp3) is 0.188. The van der Waals surface area contributed by atoms with Gasteiger partial charge in [0.15, 0.2) is 0 Å². The molecule has 2 aromatic heterocycles. The molecule has 5 aromatic rings. The van der Waals surface area contributed by atoms with Crippen LogP contribution in [0.2, 0.25) is 0 Å². The molecule has 0 radical (unpaired) electrons.